The Morgan fingerprint density at radius 3 is 2.54 bits per heavy atom. The molecule has 140 valence electrons. The Labute approximate surface area is 177 Å². The summed E-state index contributed by atoms with van der Waals surface area (Å²) < 4.78 is 13.8. The summed E-state index contributed by atoms with van der Waals surface area (Å²) >= 11 is 0. The molecule has 2 aromatic heterocycles. The van der Waals surface area contributed by atoms with Crippen LogP contribution < -0.4 is 9.47 Å². The summed E-state index contributed by atoms with van der Waals surface area (Å²) in [6.45, 7) is 0.942. The van der Waals surface area contributed by atoms with Gasteiger partial charge in [-0.05, 0) is 12.5 Å². The quantitative estimate of drug-likeness (QED) is 0.348. The molecule has 1 aliphatic heterocycles. The molecule has 0 amide bonds. The van der Waals surface area contributed by atoms with Crippen molar-refractivity contribution in [1.29, 1.82) is 0 Å². The van der Waals surface area contributed by atoms with Gasteiger partial charge < -0.3 is 14.0 Å². The van der Waals surface area contributed by atoms with E-state index in [0.29, 0.717) is 23.1 Å². The molecule has 0 unspecified atom stereocenters. The number of imidazole rings is 1. The molecule has 2 aromatic carbocycles. The zero-order valence-corrected chi connectivity index (χ0v) is 17.0. The van der Waals surface area contributed by atoms with Gasteiger partial charge in [-0.2, -0.15) is 6.07 Å². The molecule has 5 nitrogen and oxygen atoms in total. The number of ether oxygens (including phenoxy) is 2. The van der Waals surface area contributed by atoms with Crippen LogP contribution in [0.3, 0.4) is 0 Å². The summed E-state index contributed by atoms with van der Waals surface area (Å²) in [5, 5.41) is 0. The van der Waals surface area contributed by atoms with E-state index < -0.39 is 0 Å². The molecule has 0 fully saturated rings. The van der Waals surface area contributed by atoms with E-state index in [-0.39, 0.29) is 21.1 Å². The first-order valence-corrected chi connectivity index (χ1v) is 8.71. The SMILES string of the molecule is [Pt+2].[c-]1c(Oc2[c-]c3c(cc2)CCn2ccnc2-3)cccc1Oc1ccccn1. The molecular weight excluding hydrogens is 533 g/mol. The Bertz CT molecular complexity index is 1100. The van der Waals surface area contributed by atoms with Crippen molar-refractivity contribution in [1.82, 2.24) is 14.5 Å². The molecule has 0 radical (unpaired) electrons. The molecule has 5 rings (SSSR count). The van der Waals surface area contributed by atoms with Gasteiger partial charge in [0, 0.05) is 48.5 Å². The van der Waals surface area contributed by atoms with Gasteiger partial charge in [0.1, 0.15) is 0 Å². The maximum Gasteiger partial charge on any atom is 2.00 e. The van der Waals surface area contributed by atoms with Gasteiger partial charge in [-0.15, -0.1) is 35.4 Å². The molecule has 4 aromatic rings. The summed E-state index contributed by atoms with van der Waals surface area (Å²) in [6, 6.07) is 21.5. The first-order chi connectivity index (χ1) is 13.3. The third-order valence-electron chi connectivity index (χ3n) is 4.38. The van der Waals surface area contributed by atoms with Gasteiger partial charge in [0.05, 0.1) is 5.82 Å². The molecule has 0 N–H and O–H groups in total. The fourth-order valence-corrected chi connectivity index (χ4v) is 3.12. The summed E-state index contributed by atoms with van der Waals surface area (Å²) in [5.74, 6) is 3.16. The number of aromatic nitrogens is 3. The van der Waals surface area contributed by atoms with E-state index in [1.165, 1.54) is 5.56 Å². The maximum atomic E-state index is 5.97. The number of nitrogens with zero attached hydrogens (tertiary/aromatic N) is 3. The number of hydrogen-bond acceptors (Lipinski definition) is 4. The Hall–Kier alpha value is -2.91. The normalized spacial score (nSPS) is 11.7. The van der Waals surface area contributed by atoms with Crippen molar-refractivity contribution in [2.45, 2.75) is 13.0 Å². The largest absolute Gasteiger partial charge is 2.00 e. The monoisotopic (exact) mass is 548 g/mol. The van der Waals surface area contributed by atoms with E-state index in [4.69, 9.17) is 9.47 Å². The third-order valence-corrected chi connectivity index (χ3v) is 4.38. The van der Waals surface area contributed by atoms with Crippen molar-refractivity contribution < 1.29 is 30.5 Å². The van der Waals surface area contributed by atoms with Crippen molar-refractivity contribution in [3.63, 3.8) is 0 Å². The second kappa shape index (κ2) is 7.99. The Morgan fingerprint density at radius 2 is 1.68 bits per heavy atom. The molecular formula is C22H15N3O2Pt. The van der Waals surface area contributed by atoms with Crippen molar-refractivity contribution >= 4 is 0 Å². The third kappa shape index (κ3) is 3.71. The van der Waals surface area contributed by atoms with Crippen LogP contribution in [-0.2, 0) is 34.0 Å². The molecule has 0 saturated heterocycles. The van der Waals surface area contributed by atoms with Crippen molar-refractivity contribution in [3.8, 4) is 34.5 Å². The van der Waals surface area contributed by atoms with Crippen LogP contribution >= 0.6 is 0 Å². The minimum atomic E-state index is 0. The van der Waals surface area contributed by atoms with Gasteiger partial charge in [0.2, 0.25) is 5.88 Å². The minimum absolute atomic E-state index is 0. The van der Waals surface area contributed by atoms with Crippen LogP contribution in [0.4, 0.5) is 0 Å². The molecule has 28 heavy (non-hydrogen) atoms. The van der Waals surface area contributed by atoms with Crippen molar-refractivity contribution in [3.05, 3.63) is 84.8 Å². The van der Waals surface area contributed by atoms with Gasteiger partial charge in [0.25, 0.3) is 0 Å². The predicted octanol–water partition coefficient (Wildman–Crippen LogP) is 4.68. The van der Waals surface area contributed by atoms with Crippen molar-refractivity contribution in [2.75, 3.05) is 0 Å². The second-order valence-electron chi connectivity index (χ2n) is 6.17. The van der Waals surface area contributed by atoms with Crippen LogP contribution in [0, 0.1) is 12.1 Å². The molecule has 0 saturated carbocycles. The fraction of sp³-hybridized carbons (Fsp3) is 0.0909. The van der Waals surface area contributed by atoms with E-state index in [1.54, 1.807) is 12.3 Å². The van der Waals surface area contributed by atoms with Crippen LogP contribution in [-0.4, -0.2) is 14.5 Å². The van der Waals surface area contributed by atoms with Gasteiger partial charge >= 0.3 is 21.1 Å². The zero-order valence-electron chi connectivity index (χ0n) is 14.7. The summed E-state index contributed by atoms with van der Waals surface area (Å²) in [7, 11) is 0. The molecule has 6 heteroatoms. The summed E-state index contributed by atoms with van der Waals surface area (Å²) in [4.78, 5) is 8.60. The molecule has 1 aliphatic rings. The smallest absolute Gasteiger partial charge is 0.503 e. The standard InChI is InChI=1S/C22H15N3O2.Pt/c1-2-10-23-21(6-1)27-18-5-3-4-17(14-18)26-19-8-7-16-9-12-25-13-11-24-22(25)20(16)15-19;/h1-8,10-11,13H,9,12H2;/q-2;+2. The van der Waals surface area contributed by atoms with E-state index in [0.717, 1.165) is 24.4 Å². The number of hydrogen-bond donors (Lipinski definition) is 0. The van der Waals surface area contributed by atoms with E-state index >= 15 is 0 Å². The fourth-order valence-electron chi connectivity index (χ4n) is 3.12. The van der Waals surface area contributed by atoms with Gasteiger partial charge in [0.15, 0.2) is 0 Å². The Kier molecular flexibility index (Phi) is 5.27. The van der Waals surface area contributed by atoms with Crippen LogP contribution in [0.1, 0.15) is 5.56 Å². The summed E-state index contributed by atoms with van der Waals surface area (Å²) in [6.07, 6.45) is 6.46. The van der Waals surface area contributed by atoms with Crippen LogP contribution in [0.25, 0.3) is 11.4 Å². The van der Waals surface area contributed by atoms with Crippen LogP contribution in [0.5, 0.6) is 23.1 Å². The predicted molar refractivity (Wildman–Crippen MR) is 99.9 cm³/mol. The number of rotatable bonds is 4. The Balaban J connectivity index is 0.00000192. The average Bonchev–Trinajstić information content (AvgIpc) is 3.18. The summed E-state index contributed by atoms with van der Waals surface area (Å²) in [5.41, 5.74) is 2.22. The van der Waals surface area contributed by atoms with Gasteiger partial charge in [-0.1, -0.05) is 18.2 Å². The average molecular weight is 548 g/mol. The molecule has 0 aliphatic carbocycles. The minimum Gasteiger partial charge on any atom is -0.503 e. The van der Waals surface area contributed by atoms with Crippen LogP contribution in [0.2, 0.25) is 0 Å². The zero-order chi connectivity index (χ0) is 18.1. The van der Waals surface area contributed by atoms with Crippen LogP contribution in [0.15, 0.2) is 67.1 Å². The van der Waals surface area contributed by atoms with Gasteiger partial charge in [-0.3, -0.25) is 4.98 Å². The number of fused-ring (bicyclic) bond motifs is 3. The van der Waals surface area contributed by atoms with E-state index in [1.807, 2.05) is 48.8 Å². The van der Waals surface area contributed by atoms with Gasteiger partial charge in [-0.25, -0.2) is 4.98 Å². The number of pyridine rings is 1. The topological polar surface area (TPSA) is 49.2 Å². The Morgan fingerprint density at radius 1 is 0.821 bits per heavy atom. The number of aryl methyl sites for hydroxylation is 2. The van der Waals surface area contributed by atoms with E-state index in [9.17, 15) is 0 Å². The molecule has 0 bridgehead atoms. The molecule has 0 spiro atoms. The maximum absolute atomic E-state index is 5.97. The molecule has 3 heterocycles. The van der Waals surface area contributed by atoms with Crippen molar-refractivity contribution in [2.24, 2.45) is 0 Å². The second-order valence-corrected chi connectivity index (χ2v) is 6.17. The number of benzene rings is 2. The molecule has 0 atom stereocenters. The first kappa shape index (κ1) is 18.5. The van der Waals surface area contributed by atoms with E-state index in [2.05, 4.69) is 32.7 Å². The first-order valence-electron chi connectivity index (χ1n) is 8.71.